The van der Waals surface area contributed by atoms with E-state index in [0.29, 0.717) is 23.0 Å². The highest BCUT2D eigenvalue weighted by atomic mass is 19.2. The van der Waals surface area contributed by atoms with Gasteiger partial charge in [0.1, 0.15) is 5.76 Å². The first-order valence-corrected chi connectivity index (χ1v) is 9.07. The van der Waals surface area contributed by atoms with Crippen LogP contribution in [-0.2, 0) is 4.79 Å². The highest BCUT2D eigenvalue weighted by Gasteiger charge is 2.21. The normalized spacial score (nSPS) is 10.6. The van der Waals surface area contributed by atoms with E-state index in [1.54, 1.807) is 30.3 Å². The van der Waals surface area contributed by atoms with Crippen LogP contribution in [0.25, 0.3) is 11.3 Å². The molecule has 31 heavy (non-hydrogen) atoms. The fraction of sp³-hybridized carbons (Fsp3) is 0.136. The predicted octanol–water partition coefficient (Wildman–Crippen LogP) is 4.28. The van der Waals surface area contributed by atoms with E-state index in [1.165, 1.54) is 20.0 Å². The van der Waals surface area contributed by atoms with E-state index in [0.717, 1.165) is 11.0 Å². The average molecular weight is 430 g/mol. The Morgan fingerprint density at radius 2 is 1.61 bits per heavy atom. The van der Waals surface area contributed by atoms with Crippen LogP contribution in [0, 0.1) is 17.5 Å². The lowest BCUT2D eigenvalue weighted by molar-refractivity contribution is -0.116. The third-order valence-electron chi connectivity index (χ3n) is 4.43. The maximum atomic E-state index is 13.7. The van der Waals surface area contributed by atoms with Crippen molar-refractivity contribution in [1.29, 1.82) is 0 Å². The minimum atomic E-state index is -1.71. The average Bonchev–Trinajstić information content (AvgIpc) is 3.23. The number of likely N-dealkylation sites (N-methyl/N-ethyl adjacent to an activating group) is 1. The summed E-state index contributed by atoms with van der Waals surface area (Å²) in [5, 5.41) is 2.09. The van der Waals surface area contributed by atoms with Gasteiger partial charge in [0.05, 0.1) is 12.2 Å². The van der Waals surface area contributed by atoms with Crippen molar-refractivity contribution in [3.05, 3.63) is 77.3 Å². The van der Waals surface area contributed by atoms with Crippen LogP contribution < -0.4 is 5.32 Å². The van der Waals surface area contributed by atoms with Crippen LogP contribution in [0.5, 0.6) is 0 Å². The summed E-state index contributed by atoms with van der Waals surface area (Å²) in [5.41, 5.74) is 0.645. The molecule has 2 amide bonds. The lowest BCUT2D eigenvalue weighted by Crippen LogP contribution is -2.35. The van der Waals surface area contributed by atoms with Crippen molar-refractivity contribution >= 4 is 23.3 Å². The molecule has 0 saturated carbocycles. The number of nitrogens with one attached hydrogen (secondary N) is 1. The zero-order chi connectivity index (χ0) is 22.7. The Morgan fingerprint density at radius 3 is 2.26 bits per heavy atom. The SMILES string of the molecule is CC(=O)c1ccc(-c2ccc(C(=O)N(C)CC(=O)Nc3ccc(F)c(F)c3F)o2)cc1. The zero-order valence-corrected chi connectivity index (χ0v) is 16.5. The molecule has 2 aromatic carbocycles. The third-order valence-corrected chi connectivity index (χ3v) is 4.43. The van der Waals surface area contributed by atoms with Gasteiger partial charge in [0, 0.05) is 18.2 Å². The number of nitrogens with zero attached hydrogens (tertiary/aromatic N) is 1. The second kappa shape index (κ2) is 8.86. The van der Waals surface area contributed by atoms with Gasteiger partial charge in [-0.3, -0.25) is 14.4 Å². The second-order valence-electron chi connectivity index (χ2n) is 6.73. The first-order valence-electron chi connectivity index (χ1n) is 9.07. The fourth-order valence-corrected chi connectivity index (χ4v) is 2.76. The molecule has 0 fully saturated rings. The lowest BCUT2D eigenvalue weighted by Gasteiger charge is -2.15. The van der Waals surface area contributed by atoms with E-state index < -0.39 is 41.5 Å². The first kappa shape index (κ1) is 21.8. The molecule has 9 heteroatoms. The van der Waals surface area contributed by atoms with Gasteiger partial charge < -0.3 is 14.6 Å². The quantitative estimate of drug-likeness (QED) is 0.468. The molecule has 3 rings (SSSR count). The molecule has 0 atom stereocenters. The Balaban J connectivity index is 1.66. The summed E-state index contributed by atoms with van der Waals surface area (Å²) in [4.78, 5) is 37.0. The second-order valence-corrected chi connectivity index (χ2v) is 6.73. The van der Waals surface area contributed by atoms with Crippen molar-refractivity contribution in [2.45, 2.75) is 6.92 Å². The van der Waals surface area contributed by atoms with Crippen LogP contribution in [0.1, 0.15) is 27.8 Å². The Morgan fingerprint density at radius 1 is 0.935 bits per heavy atom. The number of benzene rings is 2. The summed E-state index contributed by atoms with van der Waals surface area (Å²) in [6, 6.07) is 11.2. The molecule has 0 unspecified atom stereocenters. The lowest BCUT2D eigenvalue weighted by atomic mass is 10.1. The highest BCUT2D eigenvalue weighted by Crippen LogP contribution is 2.24. The van der Waals surface area contributed by atoms with E-state index in [-0.39, 0.29) is 11.5 Å². The van der Waals surface area contributed by atoms with Gasteiger partial charge in [-0.25, -0.2) is 13.2 Å². The van der Waals surface area contributed by atoms with Crippen molar-refractivity contribution in [3.63, 3.8) is 0 Å². The summed E-state index contributed by atoms with van der Waals surface area (Å²) in [6.45, 7) is 0.965. The number of amides is 2. The number of hydrogen-bond acceptors (Lipinski definition) is 4. The largest absolute Gasteiger partial charge is 0.451 e. The van der Waals surface area contributed by atoms with Crippen LogP contribution in [0.4, 0.5) is 18.9 Å². The van der Waals surface area contributed by atoms with Gasteiger partial charge in [-0.15, -0.1) is 0 Å². The molecule has 0 spiro atoms. The zero-order valence-electron chi connectivity index (χ0n) is 16.5. The molecule has 1 N–H and O–H groups in total. The molecule has 3 aromatic rings. The molecule has 160 valence electrons. The molecule has 1 aromatic heterocycles. The molecule has 0 saturated heterocycles. The van der Waals surface area contributed by atoms with Crippen molar-refractivity contribution in [3.8, 4) is 11.3 Å². The molecule has 0 aliphatic carbocycles. The number of carbonyl (C=O) groups excluding carboxylic acids is 3. The summed E-state index contributed by atoms with van der Waals surface area (Å²) >= 11 is 0. The third kappa shape index (κ3) is 4.82. The van der Waals surface area contributed by atoms with E-state index in [4.69, 9.17) is 4.42 Å². The number of furan rings is 1. The Labute approximate surface area is 175 Å². The van der Waals surface area contributed by atoms with Crippen molar-refractivity contribution < 1.29 is 32.0 Å². The maximum absolute atomic E-state index is 13.7. The minimum Gasteiger partial charge on any atom is -0.451 e. The number of rotatable bonds is 6. The number of halogens is 3. The van der Waals surface area contributed by atoms with Gasteiger partial charge in [0.2, 0.25) is 5.91 Å². The van der Waals surface area contributed by atoms with E-state index in [2.05, 4.69) is 5.32 Å². The van der Waals surface area contributed by atoms with Crippen molar-refractivity contribution in [2.75, 3.05) is 18.9 Å². The van der Waals surface area contributed by atoms with E-state index in [1.807, 2.05) is 0 Å². The maximum Gasteiger partial charge on any atom is 0.289 e. The Hall–Kier alpha value is -3.88. The van der Waals surface area contributed by atoms with Crippen molar-refractivity contribution in [1.82, 2.24) is 4.90 Å². The van der Waals surface area contributed by atoms with Crippen LogP contribution in [0.3, 0.4) is 0 Å². The Bertz CT molecular complexity index is 1160. The number of anilines is 1. The monoisotopic (exact) mass is 430 g/mol. The van der Waals surface area contributed by atoms with Gasteiger partial charge in [-0.1, -0.05) is 24.3 Å². The predicted molar refractivity (Wildman–Crippen MR) is 106 cm³/mol. The minimum absolute atomic E-state index is 0.0417. The molecule has 1 heterocycles. The molecular weight excluding hydrogens is 413 g/mol. The van der Waals surface area contributed by atoms with E-state index >= 15 is 0 Å². The van der Waals surface area contributed by atoms with Crippen LogP contribution >= 0.6 is 0 Å². The number of ketones is 1. The van der Waals surface area contributed by atoms with Gasteiger partial charge in [0.15, 0.2) is 29.0 Å². The van der Waals surface area contributed by atoms with Crippen molar-refractivity contribution in [2.24, 2.45) is 0 Å². The number of hydrogen-bond donors (Lipinski definition) is 1. The van der Waals surface area contributed by atoms with E-state index in [9.17, 15) is 27.6 Å². The molecule has 6 nitrogen and oxygen atoms in total. The van der Waals surface area contributed by atoms with Crippen LogP contribution in [-0.4, -0.2) is 36.1 Å². The Kier molecular flexibility index (Phi) is 6.24. The van der Waals surface area contributed by atoms with Gasteiger partial charge in [-0.05, 0) is 31.2 Å². The summed E-state index contributed by atoms with van der Waals surface area (Å²) in [6.07, 6.45) is 0. The molecule has 0 aliphatic heterocycles. The molecule has 0 aliphatic rings. The molecule has 0 radical (unpaired) electrons. The first-order chi connectivity index (χ1) is 14.7. The van der Waals surface area contributed by atoms with Crippen LogP contribution in [0.15, 0.2) is 52.9 Å². The smallest absolute Gasteiger partial charge is 0.289 e. The fourth-order valence-electron chi connectivity index (χ4n) is 2.76. The summed E-state index contributed by atoms with van der Waals surface area (Å²) in [5.74, 6) is -5.78. The summed E-state index contributed by atoms with van der Waals surface area (Å²) < 4.78 is 45.5. The molecular formula is C22H17F3N2O4. The van der Waals surface area contributed by atoms with Crippen LogP contribution in [0.2, 0.25) is 0 Å². The number of carbonyl (C=O) groups is 3. The standard InChI is InChI=1S/C22H17F3N2O4/c1-12(28)13-3-5-14(6-4-13)17-9-10-18(31-17)22(30)27(2)11-19(29)26-16-8-7-15(23)20(24)21(16)25/h3-10H,11H2,1-2H3,(H,26,29). The highest BCUT2D eigenvalue weighted by molar-refractivity contribution is 5.98. The topological polar surface area (TPSA) is 79.6 Å². The summed E-state index contributed by atoms with van der Waals surface area (Å²) in [7, 11) is 1.33. The molecule has 0 bridgehead atoms. The van der Waals surface area contributed by atoms with Gasteiger partial charge in [-0.2, -0.15) is 0 Å². The number of Topliss-reactive ketones (excluding diaryl/α,β-unsaturated/α-hetero) is 1. The van der Waals surface area contributed by atoms with Gasteiger partial charge in [0.25, 0.3) is 5.91 Å². The van der Waals surface area contributed by atoms with Gasteiger partial charge >= 0.3 is 0 Å².